The number of hydrogen-bond acceptors (Lipinski definition) is 6. The summed E-state index contributed by atoms with van der Waals surface area (Å²) in [7, 11) is 0. The number of ketones is 1. The van der Waals surface area contributed by atoms with E-state index in [1.54, 1.807) is 19.1 Å². The van der Waals surface area contributed by atoms with E-state index >= 15 is 8.78 Å². The van der Waals surface area contributed by atoms with Crippen LogP contribution < -0.4 is 0 Å². The monoisotopic (exact) mass is 565 g/mol. The van der Waals surface area contributed by atoms with Gasteiger partial charge in [0.25, 0.3) is 0 Å². The molecule has 6 nitrogen and oxygen atoms in total. The van der Waals surface area contributed by atoms with Crippen LogP contribution in [0.3, 0.4) is 0 Å². The van der Waals surface area contributed by atoms with Crippen molar-refractivity contribution >= 4 is 11.8 Å². The Hall–Kier alpha value is -2.56. The molecule has 10 heteroatoms. The van der Waals surface area contributed by atoms with Gasteiger partial charge < -0.3 is 9.84 Å². The third-order valence-corrected chi connectivity index (χ3v) is 10.2. The van der Waals surface area contributed by atoms with Crippen LogP contribution in [0.2, 0.25) is 0 Å². The van der Waals surface area contributed by atoms with Gasteiger partial charge >= 0.3 is 5.97 Å². The molecule has 1 aromatic rings. The summed E-state index contributed by atoms with van der Waals surface area (Å²) in [4.78, 5) is 32.1. The van der Waals surface area contributed by atoms with Gasteiger partial charge in [0.05, 0.1) is 6.10 Å². The predicted octanol–water partition coefficient (Wildman–Crippen LogP) is 5.11. The second-order valence-electron chi connectivity index (χ2n) is 12.2. The molecule has 0 amide bonds. The first-order chi connectivity index (χ1) is 18.8. The first kappa shape index (κ1) is 29.0. The summed E-state index contributed by atoms with van der Waals surface area (Å²) in [6, 6.07) is 5.78. The average molecular weight is 566 g/mol. The number of esters is 1. The van der Waals surface area contributed by atoms with Gasteiger partial charge in [-0.15, -0.1) is 0 Å². The normalized spacial score (nSPS) is 41.6. The van der Waals surface area contributed by atoms with Crippen molar-refractivity contribution in [3.63, 3.8) is 0 Å². The Labute approximate surface area is 231 Å². The molecule has 3 fully saturated rings. The molecule has 8 atom stereocenters. The van der Waals surface area contributed by atoms with E-state index in [0.717, 1.165) is 6.08 Å². The summed E-state index contributed by atoms with van der Waals surface area (Å²) in [5, 5.41) is 13.1. The summed E-state index contributed by atoms with van der Waals surface area (Å²) >= 11 is 0. The third kappa shape index (κ3) is 4.25. The smallest absolute Gasteiger partial charge is 0.343 e. The Bertz CT molecular complexity index is 1230. The average Bonchev–Trinajstić information content (AvgIpc) is 3.37. The number of alkyl halides is 3. The molecule has 1 heterocycles. The lowest BCUT2D eigenvalue weighted by Crippen LogP contribution is -2.60. The Morgan fingerprint density at radius 2 is 1.88 bits per heavy atom. The fourth-order valence-corrected chi connectivity index (χ4v) is 7.65. The van der Waals surface area contributed by atoms with E-state index in [1.807, 2.05) is 0 Å². The lowest BCUT2D eigenvalue weighted by molar-refractivity contribution is -0.257. The van der Waals surface area contributed by atoms with E-state index in [0.29, 0.717) is 12.0 Å². The van der Waals surface area contributed by atoms with Crippen molar-refractivity contribution in [3.05, 3.63) is 59.4 Å². The number of hydrogen-bond donors (Lipinski definition) is 1. The summed E-state index contributed by atoms with van der Waals surface area (Å²) in [5.74, 6) is -2.72. The van der Waals surface area contributed by atoms with E-state index in [4.69, 9.17) is 9.57 Å². The van der Waals surface area contributed by atoms with Crippen LogP contribution in [0.15, 0.2) is 48.1 Å². The summed E-state index contributed by atoms with van der Waals surface area (Å²) in [6.45, 7) is 3.38. The number of rotatable bonds is 4. The number of hydroxylamine groups is 2. The number of aliphatic hydroxyl groups is 1. The number of halogens is 4. The third-order valence-electron chi connectivity index (χ3n) is 10.2. The van der Waals surface area contributed by atoms with Gasteiger partial charge in [-0.1, -0.05) is 25.1 Å². The van der Waals surface area contributed by atoms with Gasteiger partial charge in [-0.05, 0) is 80.9 Å². The zero-order chi connectivity index (χ0) is 29.1. The van der Waals surface area contributed by atoms with E-state index in [1.165, 1.54) is 43.2 Å². The minimum absolute atomic E-state index is 0.0147. The number of benzene rings is 1. The van der Waals surface area contributed by atoms with Gasteiger partial charge in [0.15, 0.2) is 11.4 Å². The summed E-state index contributed by atoms with van der Waals surface area (Å²) in [5.41, 5.74) is -6.40. The number of carbonyl (C=O) groups excluding carboxylic acids is 2. The van der Waals surface area contributed by atoms with Crippen LogP contribution >= 0.6 is 0 Å². The Balaban J connectivity index is 1.55. The highest BCUT2D eigenvalue weighted by molar-refractivity contribution is 6.01. The minimum atomic E-state index is -2.44. The van der Waals surface area contributed by atoms with E-state index in [9.17, 15) is 23.5 Å². The fourth-order valence-electron chi connectivity index (χ4n) is 7.65. The molecule has 218 valence electrons. The highest BCUT2D eigenvalue weighted by Gasteiger charge is 2.73. The molecule has 0 radical (unpaired) electrons. The molecule has 1 aromatic carbocycles. The number of nitrogens with zero attached hydrogens (tertiary/aromatic N) is 1. The Kier molecular flexibility index (Phi) is 7.28. The minimum Gasteiger partial charge on any atom is -0.432 e. The lowest BCUT2D eigenvalue weighted by atomic mass is 9.58. The largest absolute Gasteiger partial charge is 0.432 e. The van der Waals surface area contributed by atoms with Crippen LogP contribution in [0.5, 0.6) is 0 Å². The van der Waals surface area contributed by atoms with E-state index in [2.05, 4.69) is 0 Å². The number of ether oxygens (including phenoxy) is 1. The van der Waals surface area contributed by atoms with Crippen molar-refractivity contribution in [2.75, 3.05) is 13.4 Å². The SMILES string of the molecule is C[C@]12C=CC(=O)C=C1[C@@H](F)CC[C@@H]1C[C@H]3CN(Cc4ccc(F)cc4)O[C@@]3(C(=O)OCF)[C@@]1(C)C[C@H](O)[C@]2(C)F. The maximum absolute atomic E-state index is 16.8. The standard InChI is InChI=1S/C30H35F4NO5/c1-27-11-10-22(36)13-23(27)24(33)9-6-19-12-20-16-35(15-18-4-7-21(32)8-5-18)40-30(20,26(38)39-17-31)28(19,2)14-25(37)29(27,3)34/h4-5,7-8,10-11,13,19-20,24-25,37H,6,9,12,14-17H2,1-3H3/t19-,20+,24+,25+,27+,28+,29+,30+/m1/s1. The Morgan fingerprint density at radius 1 is 1.18 bits per heavy atom. The van der Waals surface area contributed by atoms with Crippen molar-refractivity contribution in [1.29, 1.82) is 0 Å². The first-order valence-electron chi connectivity index (χ1n) is 13.7. The molecule has 3 aliphatic carbocycles. The quantitative estimate of drug-likeness (QED) is 0.404. The van der Waals surface area contributed by atoms with Crippen LogP contribution in [0.1, 0.15) is 52.0 Å². The van der Waals surface area contributed by atoms with Crippen LogP contribution in [0.4, 0.5) is 17.6 Å². The number of carbonyl (C=O) groups is 2. The molecule has 1 saturated heterocycles. The predicted molar refractivity (Wildman–Crippen MR) is 137 cm³/mol. The molecule has 2 saturated carbocycles. The van der Waals surface area contributed by atoms with Crippen molar-refractivity contribution in [1.82, 2.24) is 5.06 Å². The molecule has 0 bridgehead atoms. The van der Waals surface area contributed by atoms with Gasteiger partial charge in [-0.2, -0.15) is 5.06 Å². The fraction of sp³-hybridized carbons (Fsp3) is 0.600. The molecular weight excluding hydrogens is 530 g/mol. The zero-order valence-electron chi connectivity index (χ0n) is 22.8. The number of fused-ring (bicyclic) bond motifs is 4. The molecule has 1 aliphatic heterocycles. The summed E-state index contributed by atoms with van der Waals surface area (Å²) < 4.78 is 64.4. The van der Waals surface area contributed by atoms with Crippen LogP contribution in [0.25, 0.3) is 0 Å². The Morgan fingerprint density at radius 3 is 2.55 bits per heavy atom. The molecule has 5 rings (SSSR count). The van der Waals surface area contributed by atoms with Gasteiger partial charge in [0.2, 0.25) is 6.86 Å². The lowest BCUT2D eigenvalue weighted by Gasteiger charge is -2.51. The topological polar surface area (TPSA) is 76.1 Å². The molecule has 0 aromatic heterocycles. The zero-order valence-corrected chi connectivity index (χ0v) is 22.8. The number of aliphatic hydroxyl groups excluding tert-OH is 1. The van der Waals surface area contributed by atoms with E-state index < -0.39 is 70.6 Å². The van der Waals surface area contributed by atoms with Crippen LogP contribution in [-0.2, 0) is 25.7 Å². The van der Waals surface area contributed by atoms with Gasteiger partial charge in [-0.25, -0.2) is 22.4 Å². The first-order valence-corrected chi connectivity index (χ1v) is 13.7. The van der Waals surface area contributed by atoms with Crippen molar-refractivity contribution in [3.8, 4) is 0 Å². The van der Waals surface area contributed by atoms with Crippen LogP contribution in [0, 0.1) is 28.5 Å². The van der Waals surface area contributed by atoms with Gasteiger partial charge in [-0.3, -0.25) is 9.63 Å². The second-order valence-corrected chi connectivity index (χ2v) is 12.2. The van der Waals surface area contributed by atoms with E-state index in [-0.39, 0.29) is 37.9 Å². The molecule has 0 unspecified atom stereocenters. The molecular formula is C30H35F4NO5. The second kappa shape index (κ2) is 10.1. The highest BCUT2D eigenvalue weighted by atomic mass is 19.2. The highest BCUT2D eigenvalue weighted by Crippen LogP contribution is 2.64. The molecule has 0 spiro atoms. The number of allylic oxidation sites excluding steroid dienone is 4. The molecule has 1 N–H and O–H groups in total. The van der Waals surface area contributed by atoms with Crippen molar-refractivity contribution in [2.45, 2.75) is 76.5 Å². The maximum atomic E-state index is 16.8. The summed E-state index contributed by atoms with van der Waals surface area (Å²) in [6.07, 6.45) is 0.587. The maximum Gasteiger partial charge on any atom is 0.343 e. The molecule has 4 aliphatic rings. The molecule has 40 heavy (non-hydrogen) atoms. The van der Waals surface area contributed by atoms with Crippen molar-refractivity contribution in [2.24, 2.45) is 22.7 Å². The van der Waals surface area contributed by atoms with Gasteiger partial charge in [0, 0.05) is 29.8 Å². The van der Waals surface area contributed by atoms with Crippen LogP contribution in [-0.4, -0.2) is 58.9 Å². The van der Waals surface area contributed by atoms with Gasteiger partial charge in [0.1, 0.15) is 17.7 Å². The van der Waals surface area contributed by atoms with Crippen molar-refractivity contribution < 1.29 is 41.8 Å².